The highest BCUT2D eigenvalue weighted by molar-refractivity contribution is 7.80. The molecule has 4 atom stereocenters. The fourth-order valence-corrected chi connectivity index (χ4v) is 1.82. The third-order valence-corrected chi connectivity index (χ3v) is 3.33. The van der Waals surface area contributed by atoms with Crippen molar-refractivity contribution in [1.82, 2.24) is 21.5 Å². The van der Waals surface area contributed by atoms with E-state index in [4.69, 9.17) is 33.9 Å². The quantitative estimate of drug-likeness (QED) is 0.125. The molecule has 11 N–H and O–H groups in total. The molecule has 0 aliphatic carbocycles. The van der Waals surface area contributed by atoms with Crippen LogP contribution < -0.4 is 33.0 Å². The molecule has 12 nitrogen and oxygen atoms in total. The smallest absolute Gasteiger partial charge is 0.328 e. The number of carboxylic acid groups (broad SMARTS) is 1. The largest absolute Gasteiger partial charge is 0.480 e. The number of aliphatic hydroxyl groups excluding tert-OH is 2. The van der Waals surface area contributed by atoms with Crippen molar-refractivity contribution >= 4 is 35.1 Å². The van der Waals surface area contributed by atoms with Gasteiger partial charge in [0.2, 0.25) is 5.91 Å². The molecule has 0 spiro atoms. The minimum Gasteiger partial charge on any atom is -0.480 e. The Morgan fingerprint density at radius 3 is 2.28 bits per heavy atom. The van der Waals surface area contributed by atoms with Gasteiger partial charge in [0.05, 0.1) is 24.8 Å². The predicted molar refractivity (Wildman–Crippen MR) is 91.2 cm³/mol. The second kappa shape index (κ2) is 11.5. The van der Waals surface area contributed by atoms with E-state index in [1.54, 1.807) is 0 Å². The highest BCUT2D eigenvalue weighted by Gasteiger charge is 2.21. The number of hydrogen-bond donors (Lipinski definition) is 9. The van der Waals surface area contributed by atoms with Gasteiger partial charge in [0.1, 0.15) is 4.99 Å². The van der Waals surface area contributed by atoms with Gasteiger partial charge in [-0.05, 0) is 6.92 Å². The van der Waals surface area contributed by atoms with E-state index in [0.29, 0.717) is 0 Å². The number of carbonyl (C=O) groups excluding carboxylic acids is 2. The molecule has 0 saturated carbocycles. The van der Waals surface area contributed by atoms with Crippen molar-refractivity contribution in [1.29, 1.82) is 0 Å². The molecule has 3 amide bonds. The minimum atomic E-state index is -1.49. The van der Waals surface area contributed by atoms with Crippen LogP contribution in [-0.4, -0.2) is 75.6 Å². The number of nitrogens with two attached hydrogens (primary N) is 2. The molecule has 0 bridgehead atoms. The van der Waals surface area contributed by atoms with Gasteiger partial charge in [0, 0.05) is 13.0 Å². The van der Waals surface area contributed by atoms with E-state index < -0.39 is 48.7 Å². The van der Waals surface area contributed by atoms with Crippen molar-refractivity contribution in [3.05, 3.63) is 0 Å². The number of hydrogen-bond acceptors (Lipinski definition) is 8. The maximum absolute atomic E-state index is 11.7. The van der Waals surface area contributed by atoms with Crippen molar-refractivity contribution in [2.24, 2.45) is 11.5 Å². The first kappa shape index (κ1) is 22.9. The van der Waals surface area contributed by atoms with Crippen LogP contribution >= 0.6 is 12.2 Å². The van der Waals surface area contributed by atoms with Crippen LogP contribution in [0.5, 0.6) is 0 Å². The Labute approximate surface area is 149 Å². The van der Waals surface area contributed by atoms with Crippen LogP contribution in [-0.2, 0) is 9.59 Å². The van der Waals surface area contributed by atoms with Crippen LogP contribution in [0.25, 0.3) is 0 Å². The first-order valence-corrected chi connectivity index (χ1v) is 7.64. The summed E-state index contributed by atoms with van der Waals surface area (Å²) in [6.07, 6.45) is -1.12. The van der Waals surface area contributed by atoms with Gasteiger partial charge >= 0.3 is 12.0 Å². The zero-order chi connectivity index (χ0) is 19.6. The Hall–Kier alpha value is -2.06. The van der Waals surface area contributed by atoms with Gasteiger partial charge in [-0.3, -0.25) is 4.79 Å². The monoisotopic (exact) mass is 380 g/mol. The molecule has 25 heavy (non-hydrogen) atoms. The number of aliphatic hydroxyl groups is 2. The van der Waals surface area contributed by atoms with Gasteiger partial charge in [-0.15, -0.1) is 0 Å². The fourth-order valence-electron chi connectivity index (χ4n) is 1.55. The SMILES string of the molecule is CC(O)[C@@H](N)C(=S)NNC[C@@H](CC(N)=O)NC(=O)N[C@H](CO)C(=O)O. The summed E-state index contributed by atoms with van der Waals surface area (Å²) in [6.45, 7) is 0.648. The molecular formula is C12H24N6O6S. The van der Waals surface area contributed by atoms with Crippen molar-refractivity contribution in [2.75, 3.05) is 13.2 Å². The van der Waals surface area contributed by atoms with E-state index in [1.807, 2.05) is 5.32 Å². The van der Waals surface area contributed by atoms with Crippen LogP contribution in [0.1, 0.15) is 13.3 Å². The lowest BCUT2D eigenvalue weighted by Gasteiger charge is -2.22. The molecule has 0 aliphatic rings. The van der Waals surface area contributed by atoms with Crippen LogP contribution in [0.3, 0.4) is 0 Å². The van der Waals surface area contributed by atoms with Crippen molar-refractivity contribution in [2.45, 2.75) is 37.6 Å². The van der Waals surface area contributed by atoms with E-state index in [1.165, 1.54) is 6.92 Å². The van der Waals surface area contributed by atoms with Crippen LogP contribution in [0.2, 0.25) is 0 Å². The Morgan fingerprint density at radius 2 is 1.84 bits per heavy atom. The molecule has 0 aliphatic heterocycles. The normalized spacial score (nSPS) is 15.4. The Morgan fingerprint density at radius 1 is 1.24 bits per heavy atom. The topological polar surface area (TPSA) is 212 Å². The first-order valence-electron chi connectivity index (χ1n) is 7.23. The van der Waals surface area contributed by atoms with Crippen LogP contribution in [0, 0.1) is 0 Å². The highest BCUT2D eigenvalue weighted by Crippen LogP contribution is 1.93. The summed E-state index contributed by atoms with van der Waals surface area (Å²) < 4.78 is 0. The molecule has 0 fully saturated rings. The van der Waals surface area contributed by atoms with E-state index in [-0.39, 0.29) is 18.0 Å². The number of hydrazine groups is 1. The summed E-state index contributed by atoms with van der Waals surface area (Å²) in [6, 6.07) is -4.01. The number of carboxylic acids is 1. The predicted octanol–water partition coefficient (Wildman–Crippen LogP) is -3.90. The fraction of sp³-hybridized carbons (Fsp3) is 0.667. The molecule has 1 unspecified atom stereocenters. The van der Waals surface area contributed by atoms with E-state index >= 15 is 0 Å². The van der Waals surface area contributed by atoms with Crippen LogP contribution in [0.4, 0.5) is 4.79 Å². The van der Waals surface area contributed by atoms with E-state index in [0.717, 1.165) is 0 Å². The molecule has 0 heterocycles. The van der Waals surface area contributed by atoms with Gasteiger partial charge in [0.15, 0.2) is 6.04 Å². The summed E-state index contributed by atoms with van der Waals surface area (Å²) in [5.74, 6) is -2.12. The number of urea groups is 1. The molecule has 0 aromatic carbocycles. The van der Waals surface area contributed by atoms with Gasteiger partial charge in [-0.1, -0.05) is 12.2 Å². The summed E-state index contributed by atoms with van der Waals surface area (Å²) in [4.78, 5) is 33.7. The Bertz CT molecular complexity index is 491. The van der Waals surface area contributed by atoms with Gasteiger partial charge in [-0.2, -0.15) is 0 Å². The number of nitrogens with one attached hydrogen (secondary N) is 4. The first-order chi connectivity index (χ1) is 11.6. The number of amides is 3. The maximum Gasteiger partial charge on any atom is 0.328 e. The van der Waals surface area contributed by atoms with Crippen LogP contribution in [0.15, 0.2) is 0 Å². The number of carbonyl (C=O) groups is 3. The van der Waals surface area contributed by atoms with Crippen molar-refractivity contribution in [3.8, 4) is 0 Å². The number of primary amides is 1. The third kappa shape index (κ3) is 9.73. The molecule has 144 valence electrons. The number of aliphatic carboxylic acids is 1. The number of thiocarbonyl (C=S) groups is 1. The molecule has 0 saturated heterocycles. The van der Waals surface area contributed by atoms with Crippen molar-refractivity contribution < 1.29 is 29.7 Å². The Balaban J connectivity index is 4.55. The molecule has 13 heteroatoms. The van der Waals surface area contributed by atoms with E-state index in [9.17, 15) is 19.5 Å². The Kier molecular flexibility index (Phi) is 10.5. The standard InChI is InChI=1S/C12H24N6O6S/c1-5(20)9(14)10(25)18-15-3-6(2-8(13)21)16-12(24)17-7(4-19)11(22)23/h5-7,9,15,19-20H,2-4,14H2,1H3,(H2,13,21)(H,18,25)(H,22,23)(H2,16,17,24)/t5?,6-,7-,9-/m1/s1. The third-order valence-electron chi connectivity index (χ3n) is 2.95. The second-order valence-electron chi connectivity index (χ2n) is 5.20. The second-order valence-corrected chi connectivity index (χ2v) is 5.63. The molecule has 0 aromatic rings. The van der Waals surface area contributed by atoms with E-state index in [2.05, 4.69) is 16.2 Å². The zero-order valence-corrected chi connectivity index (χ0v) is 14.4. The minimum absolute atomic E-state index is 0.0140. The maximum atomic E-state index is 11.7. The number of rotatable bonds is 11. The lowest BCUT2D eigenvalue weighted by molar-refractivity contribution is -0.140. The molecule has 0 aromatic heterocycles. The molecular weight excluding hydrogens is 356 g/mol. The molecule has 0 radical (unpaired) electrons. The summed E-state index contributed by atoms with van der Waals surface area (Å²) in [5, 5.41) is 31.3. The van der Waals surface area contributed by atoms with Crippen molar-refractivity contribution in [3.63, 3.8) is 0 Å². The zero-order valence-electron chi connectivity index (χ0n) is 13.6. The van der Waals surface area contributed by atoms with Gasteiger partial charge in [-0.25, -0.2) is 15.0 Å². The average Bonchev–Trinajstić information content (AvgIpc) is 2.50. The van der Waals surface area contributed by atoms with Gasteiger partial charge < -0.3 is 42.8 Å². The highest BCUT2D eigenvalue weighted by atomic mass is 32.1. The summed E-state index contributed by atoms with van der Waals surface area (Å²) in [7, 11) is 0. The summed E-state index contributed by atoms with van der Waals surface area (Å²) >= 11 is 4.94. The molecule has 0 rings (SSSR count). The lowest BCUT2D eigenvalue weighted by atomic mass is 10.2. The lowest BCUT2D eigenvalue weighted by Crippen LogP contribution is -2.56. The van der Waals surface area contributed by atoms with Gasteiger partial charge in [0.25, 0.3) is 0 Å². The average molecular weight is 380 g/mol. The summed E-state index contributed by atoms with van der Waals surface area (Å²) in [5.41, 5.74) is 15.9.